The van der Waals surface area contributed by atoms with Crippen LogP contribution in [0.25, 0.3) is 17.2 Å². The molecule has 0 fully saturated rings. The van der Waals surface area contributed by atoms with E-state index in [1.165, 1.54) is 11.1 Å². The summed E-state index contributed by atoms with van der Waals surface area (Å²) >= 11 is 1.58. The van der Waals surface area contributed by atoms with Crippen LogP contribution in [0.15, 0.2) is 83.9 Å². The predicted octanol–water partition coefficient (Wildman–Crippen LogP) is 6.71. The highest BCUT2D eigenvalue weighted by Crippen LogP contribution is 2.22. The second kappa shape index (κ2) is 10.9. The number of aliphatic carboxylic acids is 1. The van der Waals surface area contributed by atoms with Crippen LogP contribution in [0.4, 0.5) is 0 Å². The number of nitrogens with zero attached hydrogens (tertiary/aromatic N) is 2. The molecule has 0 amide bonds. The Morgan fingerprint density at radius 2 is 1.79 bits per heavy atom. The molecule has 0 aliphatic rings. The Hall–Kier alpha value is -3.44. The number of carboxylic acid groups (broad SMARTS) is 1. The van der Waals surface area contributed by atoms with Crippen molar-refractivity contribution < 1.29 is 9.90 Å². The number of hydrogen-bond acceptors (Lipinski definition) is 3. The fourth-order valence-electron chi connectivity index (χ4n) is 3.84. The van der Waals surface area contributed by atoms with Crippen LogP contribution in [0.2, 0.25) is 0 Å². The Morgan fingerprint density at radius 1 is 1.03 bits per heavy atom. The maximum atomic E-state index is 12.0. The molecule has 0 radical (unpaired) electrons. The van der Waals surface area contributed by atoms with E-state index in [-0.39, 0.29) is 0 Å². The molecule has 4 aromatic rings. The van der Waals surface area contributed by atoms with Gasteiger partial charge in [0.15, 0.2) is 0 Å². The van der Waals surface area contributed by atoms with Crippen LogP contribution in [-0.2, 0) is 24.2 Å². The summed E-state index contributed by atoms with van der Waals surface area (Å²) < 4.78 is 2.16. The zero-order chi connectivity index (χ0) is 23.0. The molecule has 168 valence electrons. The van der Waals surface area contributed by atoms with Crippen molar-refractivity contribution in [2.75, 3.05) is 0 Å². The summed E-state index contributed by atoms with van der Waals surface area (Å²) in [7, 11) is 0. The number of unbranched alkanes of at least 4 members (excludes halogenated alkanes) is 1. The molecule has 0 saturated carbocycles. The molecule has 0 saturated heterocycles. The maximum Gasteiger partial charge on any atom is 0.332 e. The Labute approximate surface area is 198 Å². The summed E-state index contributed by atoms with van der Waals surface area (Å²) in [5.41, 5.74) is 4.75. The molecule has 5 heteroatoms. The monoisotopic (exact) mass is 456 g/mol. The molecule has 0 unspecified atom stereocenters. The topological polar surface area (TPSA) is 55.1 Å². The van der Waals surface area contributed by atoms with E-state index in [2.05, 4.69) is 52.9 Å². The van der Waals surface area contributed by atoms with Crippen LogP contribution in [0, 0.1) is 0 Å². The predicted molar refractivity (Wildman–Crippen MR) is 135 cm³/mol. The normalized spacial score (nSPS) is 11.6. The van der Waals surface area contributed by atoms with Crippen molar-refractivity contribution in [1.82, 2.24) is 9.55 Å². The number of thiophene rings is 1. The average molecular weight is 457 g/mol. The van der Waals surface area contributed by atoms with Gasteiger partial charge in [0.25, 0.3) is 0 Å². The Morgan fingerprint density at radius 3 is 2.45 bits per heavy atom. The first kappa shape index (κ1) is 22.7. The van der Waals surface area contributed by atoms with E-state index >= 15 is 0 Å². The number of aromatic nitrogens is 2. The van der Waals surface area contributed by atoms with E-state index in [1.54, 1.807) is 23.6 Å². The summed E-state index contributed by atoms with van der Waals surface area (Å²) in [4.78, 5) is 17.6. The van der Waals surface area contributed by atoms with Crippen LogP contribution in [0.1, 0.15) is 41.7 Å². The van der Waals surface area contributed by atoms with Crippen LogP contribution >= 0.6 is 11.3 Å². The second-order valence-corrected chi connectivity index (χ2v) is 9.12. The van der Waals surface area contributed by atoms with Crippen LogP contribution < -0.4 is 0 Å². The van der Waals surface area contributed by atoms with E-state index in [1.807, 2.05) is 35.7 Å². The lowest BCUT2D eigenvalue weighted by atomic mass is 10.0. The van der Waals surface area contributed by atoms with Crippen molar-refractivity contribution in [3.63, 3.8) is 0 Å². The number of carboxylic acids is 1. The van der Waals surface area contributed by atoms with Gasteiger partial charge in [-0.1, -0.05) is 74.0 Å². The molecule has 33 heavy (non-hydrogen) atoms. The van der Waals surface area contributed by atoms with E-state index in [0.29, 0.717) is 18.5 Å². The van der Waals surface area contributed by atoms with E-state index in [4.69, 9.17) is 0 Å². The van der Waals surface area contributed by atoms with Gasteiger partial charge < -0.3 is 9.67 Å². The first-order valence-corrected chi connectivity index (χ1v) is 12.2. The Kier molecular flexibility index (Phi) is 7.53. The van der Waals surface area contributed by atoms with Crippen molar-refractivity contribution in [2.24, 2.45) is 0 Å². The third-order valence-electron chi connectivity index (χ3n) is 5.67. The molecule has 4 nitrogen and oxygen atoms in total. The lowest BCUT2D eigenvalue weighted by Crippen LogP contribution is -2.09. The van der Waals surface area contributed by atoms with Crippen LogP contribution in [0.5, 0.6) is 0 Å². The van der Waals surface area contributed by atoms with Gasteiger partial charge >= 0.3 is 5.97 Å². The molecule has 2 aromatic carbocycles. The number of hydrogen-bond donors (Lipinski definition) is 1. The first-order valence-electron chi connectivity index (χ1n) is 11.3. The molecular formula is C28H28N2O2S. The van der Waals surface area contributed by atoms with E-state index in [9.17, 15) is 9.90 Å². The van der Waals surface area contributed by atoms with E-state index < -0.39 is 5.97 Å². The summed E-state index contributed by atoms with van der Waals surface area (Å²) in [5.74, 6) is 0.106. The van der Waals surface area contributed by atoms with E-state index in [0.717, 1.165) is 41.2 Å². The van der Waals surface area contributed by atoms with Gasteiger partial charge in [0.1, 0.15) is 5.82 Å². The van der Waals surface area contributed by atoms with Crippen LogP contribution in [-0.4, -0.2) is 20.6 Å². The van der Waals surface area contributed by atoms with Gasteiger partial charge in [-0.05, 0) is 40.6 Å². The van der Waals surface area contributed by atoms with Crippen molar-refractivity contribution in [1.29, 1.82) is 0 Å². The highest BCUT2D eigenvalue weighted by molar-refractivity contribution is 7.09. The van der Waals surface area contributed by atoms with Gasteiger partial charge in [0.2, 0.25) is 0 Å². The molecule has 1 N–H and O–H groups in total. The average Bonchev–Trinajstić information content (AvgIpc) is 3.48. The highest BCUT2D eigenvalue weighted by atomic mass is 32.1. The van der Waals surface area contributed by atoms with Crippen molar-refractivity contribution in [3.8, 4) is 11.1 Å². The molecule has 2 heterocycles. The molecule has 0 atom stereocenters. The van der Waals surface area contributed by atoms with Crippen molar-refractivity contribution >= 4 is 23.4 Å². The fourth-order valence-corrected chi connectivity index (χ4v) is 4.57. The Bertz CT molecular complexity index is 1210. The minimum Gasteiger partial charge on any atom is -0.478 e. The van der Waals surface area contributed by atoms with Gasteiger partial charge in [-0.3, -0.25) is 0 Å². The quantitative estimate of drug-likeness (QED) is 0.270. The van der Waals surface area contributed by atoms with Crippen LogP contribution in [0.3, 0.4) is 0 Å². The summed E-state index contributed by atoms with van der Waals surface area (Å²) in [5, 5.41) is 11.8. The number of aryl methyl sites for hydroxylation is 1. The van der Waals surface area contributed by atoms with Gasteiger partial charge in [-0.25, -0.2) is 9.78 Å². The molecule has 0 aliphatic carbocycles. The third kappa shape index (κ3) is 5.88. The number of rotatable bonds is 10. The largest absolute Gasteiger partial charge is 0.478 e. The zero-order valence-corrected chi connectivity index (χ0v) is 19.6. The van der Waals surface area contributed by atoms with Gasteiger partial charge in [-0.2, -0.15) is 0 Å². The fraction of sp³-hybridized carbons (Fsp3) is 0.214. The SMILES string of the molecule is CCCCc1ncc(C=C(Cc2cccs2)C(=O)O)n1Cc1ccc(-c2ccccc2)cc1. The first-order chi connectivity index (χ1) is 16.1. The maximum absolute atomic E-state index is 12.0. The second-order valence-electron chi connectivity index (χ2n) is 8.08. The molecule has 0 spiro atoms. The molecule has 2 aromatic heterocycles. The summed E-state index contributed by atoms with van der Waals surface area (Å²) in [6.45, 7) is 2.83. The standard InChI is InChI=1S/C28H28N2O2S/c1-2-3-11-27-29-19-25(17-24(28(31)32)18-26-10-7-16-33-26)30(27)20-21-12-14-23(15-13-21)22-8-5-4-6-9-22/h4-10,12-17,19H,2-3,11,18,20H2,1H3,(H,31,32). The summed E-state index contributed by atoms with van der Waals surface area (Å²) in [6, 6.07) is 22.8. The van der Waals surface area contributed by atoms with Gasteiger partial charge in [-0.15, -0.1) is 11.3 Å². The lowest BCUT2D eigenvalue weighted by molar-refractivity contribution is -0.132. The molecule has 0 bridgehead atoms. The van der Waals surface area contributed by atoms with Crippen molar-refractivity contribution in [2.45, 2.75) is 39.2 Å². The minimum atomic E-state index is -0.890. The summed E-state index contributed by atoms with van der Waals surface area (Å²) in [6.07, 6.45) is 7.01. The number of imidazole rings is 1. The third-order valence-corrected chi connectivity index (χ3v) is 6.54. The molecular weight excluding hydrogens is 428 g/mol. The van der Waals surface area contributed by atoms with Crippen molar-refractivity contribution in [3.05, 3.63) is 106 Å². The zero-order valence-electron chi connectivity index (χ0n) is 18.8. The highest BCUT2D eigenvalue weighted by Gasteiger charge is 2.14. The number of carbonyl (C=O) groups is 1. The number of benzene rings is 2. The Balaban J connectivity index is 1.63. The van der Waals surface area contributed by atoms with Gasteiger partial charge in [0, 0.05) is 29.8 Å². The molecule has 0 aliphatic heterocycles. The minimum absolute atomic E-state index is 0.375. The smallest absolute Gasteiger partial charge is 0.332 e. The van der Waals surface area contributed by atoms with Gasteiger partial charge in [0.05, 0.1) is 11.9 Å². The lowest BCUT2D eigenvalue weighted by Gasteiger charge is -2.12. The molecule has 4 rings (SSSR count).